The van der Waals surface area contributed by atoms with Crippen LogP contribution in [0.25, 0.3) is 0 Å². The van der Waals surface area contributed by atoms with Crippen LogP contribution in [0.3, 0.4) is 0 Å². The second-order valence-corrected chi connectivity index (χ2v) is 3.64. The molecule has 1 aromatic heterocycles. The minimum Gasteiger partial charge on any atom is -0.338 e. The lowest BCUT2D eigenvalue weighted by Gasteiger charge is -2.08. The van der Waals surface area contributed by atoms with E-state index in [-0.39, 0.29) is 11.3 Å². The van der Waals surface area contributed by atoms with Gasteiger partial charge < -0.3 is 10.7 Å². The number of hydrazine groups is 1. The Kier molecular flexibility index (Phi) is 3.33. The Morgan fingerprint density at radius 2 is 1.78 bits per heavy atom. The van der Waals surface area contributed by atoms with Gasteiger partial charge in [-0.25, -0.2) is 24.6 Å². The molecule has 0 aliphatic rings. The minimum absolute atomic E-state index is 0.000212. The summed E-state index contributed by atoms with van der Waals surface area (Å²) in [5, 5.41) is 2.65. The number of halogens is 2. The molecule has 7 heteroatoms. The number of aromatic nitrogens is 2. The van der Waals surface area contributed by atoms with Gasteiger partial charge in [0.2, 0.25) is 0 Å². The Morgan fingerprint density at radius 3 is 2.50 bits per heavy atom. The molecule has 0 amide bonds. The van der Waals surface area contributed by atoms with Gasteiger partial charge >= 0.3 is 0 Å². The van der Waals surface area contributed by atoms with Crippen LogP contribution in [0.5, 0.6) is 0 Å². The van der Waals surface area contributed by atoms with E-state index >= 15 is 0 Å². The van der Waals surface area contributed by atoms with Crippen LogP contribution in [0.2, 0.25) is 0 Å². The lowest BCUT2D eigenvalue weighted by Crippen LogP contribution is -2.09. The third-order valence-electron chi connectivity index (χ3n) is 2.33. The highest BCUT2D eigenvalue weighted by molar-refractivity contribution is 5.59. The monoisotopic (exact) mass is 251 g/mol. The smallest absolute Gasteiger partial charge is 0.147 e. The van der Waals surface area contributed by atoms with Crippen LogP contribution in [0.1, 0.15) is 5.56 Å². The Labute approximate surface area is 102 Å². The molecule has 18 heavy (non-hydrogen) atoms. The third kappa shape index (κ3) is 2.51. The number of benzene rings is 1. The van der Waals surface area contributed by atoms with Crippen molar-refractivity contribution in [2.45, 2.75) is 6.92 Å². The molecular formula is C11H11F2N5. The summed E-state index contributed by atoms with van der Waals surface area (Å²) in [6.45, 7) is 1.49. The number of aryl methyl sites for hydroxylation is 1. The fraction of sp³-hybridized carbons (Fsp3) is 0.0909. The van der Waals surface area contributed by atoms with Crippen molar-refractivity contribution in [1.29, 1.82) is 0 Å². The fourth-order valence-electron chi connectivity index (χ4n) is 1.38. The van der Waals surface area contributed by atoms with Crippen LogP contribution in [-0.2, 0) is 0 Å². The summed E-state index contributed by atoms with van der Waals surface area (Å²) in [5.41, 5.74) is 2.57. The maximum absolute atomic E-state index is 13.6. The van der Waals surface area contributed by atoms with Gasteiger partial charge in [-0.15, -0.1) is 0 Å². The zero-order chi connectivity index (χ0) is 13.1. The highest BCUT2D eigenvalue weighted by Crippen LogP contribution is 2.22. The number of nitrogens with two attached hydrogens (primary N) is 1. The number of anilines is 3. The second kappa shape index (κ2) is 4.92. The Balaban J connectivity index is 2.30. The molecule has 0 radical (unpaired) electrons. The Bertz CT molecular complexity index is 573. The summed E-state index contributed by atoms with van der Waals surface area (Å²) in [7, 11) is 0. The summed E-state index contributed by atoms with van der Waals surface area (Å²) in [5.74, 6) is 4.80. The zero-order valence-corrected chi connectivity index (χ0v) is 9.54. The van der Waals surface area contributed by atoms with Crippen LogP contribution in [0.4, 0.5) is 26.1 Å². The molecule has 0 aliphatic heterocycles. The molecule has 0 fully saturated rings. The average molecular weight is 251 g/mol. The SMILES string of the molecule is Cc1cc(F)c(Nc2cc(NN)ncn2)cc1F. The molecule has 0 aliphatic carbocycles. The first-order chi connectivity index (χ1) is 8.60. The maximum Gasteiger partial charge on any atom is 0.147 e. The molecule has 5 nitrogen and oxygen atoms in total. The molecule has 0 spiro atoms. The van der Waals surface area contributed by atoms with Crippen molar-refractivity contribution < 1.29 is 8.78 Å². The standard InChI is InChI=1S/C11H11F2N5/c1-6-2-8(13)9(3-7(6)12)17-10-4-11(18-14)16-5-15-10/h2-5H,14H2,1H3,(H2,15,16,17,18). The third-order valence-corrected chi connectivity index (χ3v) is 2.33. The number of rotatable bonds is 3. The van der Waals surface area contributed by atoms with E-state index in [2.05, 4.69) is 20.7 Å². The van der Waals surface area contributed by atoms with Gasteiger partial charge in [0.1, 0.15) is 29.6 Å². The van der Waals surface area contributed by atoms with Gasteiger partial charge in [-0.2, -0.15) is 0 Å². The van der Waals surface area contributed by atoms with Crippen molar-refractivity contribution in [3.8, 4) is 0 Å². The summed E-state index contributed by atoms with van der Waals surface area (Å²) in [6.07, 6.45) is 1.25. The quantitative estimate of drug-likeness (QED) is 0.575. The van der Waals surface area contributed by atoms with Gasteiger partial charge in [-0.3, -0.25) is 0 Å². The lowest BCUT2D eigenvalue weighted by molar-refractivity contribution is 0.595. The molecule has 2 aromatic rings. The maximum atomic E-state index is 13.6. The van der Waals surface area contributed by atoms with Gasteiger partial charge in [0.15, 0.2) is 0 Å². The van der Waals surface area contributed by atoms with Crippen molar-refractivity contribution in [1.82, 2.24) is 9.97 Å². The van der Waals surface area contributed by atoms with Crippen molar-refractivity contribution in [2.75, 3.05) is 10.7 Å². The van der Waals surface area contributed by atoms with Crippen molar-refractivity contribution in [3.63, 3.8) is 0 Å². The van der Waals surface area contributed by atoms with Crippen LogP contribution in [0, 0.1) is 18.6 Å². The van der Waals surface area contributed by atoms with Crippen LogP contribution in [-0.4, -0.2) is 9.97 Å². The number of nitrogens with one attached hydrogen (secondary N) is 2. The van der Waals surface area contributed by atoms with E-state index < -0.39 is 11.6 Å². The summed E-state index contributed by atoms with van der Waals surface area (Å²) in [6, 6.07) is 3.65. The van der Waals surface area contributed by atoms with E-state index in [0.29, 0.717) is 11.6 Å². The molecular weight excluding hydrogens is 240 g/mol. The normalized spacial score (nSPS) is 10.2. The van der Waals surface area contributed by atoms with Crippen LogP contribution < -0.4 is 16.6 Å². The number of hydrogen-bond acceptors (Lipinski definition) is 5. The molecule has 1 heterocycles. The van der Waals surface area contributed by atoms with Crippen molar-refractivity contribution in [2.24, 2.45) is 5.84 Å². The first kappa shape index (κ1) is 12.2. The summed E-state index contributed by atoms with van der Waals surface area (Å²) < 4.78 is 26.9. The number of nitrogens with zero attached hydrogens (tertiary/aromatic N) is 2. The number of hydrogen-bond donors (Lipinski definition) is 3. The first-order valence-electron chi connectivity index (χ1n) is 5.11. The molecule has 94 valence electrons. The van der Waals surface area contributed by atoms with Gasteiger partial charge in [0.25, 0.3) is 0 Å². The van der Waals surface area contributed by atoms with Crippen LogP contribution in [0.15, 0.2) is 24.5 Å². The van der Waals surface area contributed by atoms with E-state index in [0.717, 1.165) is 12.1 Å². The van der Waals surface area contributed by atoms with Crippen LogP contribution >= 0.6 is 0 Å². The molecule has 0 saturated carbocycles. The zero-order valence-electron chi connectivity index (χ0n) is 9.54. The molecule has 2 rings (SSSR count). The topological polar surface area (TPSA) is 75.9 Å². The second-order valence-electron chi connectivity index (χ2n) is 3.64. The average Bonchev–Trinajstić information content (AvgIpc) is 2.36. The molecule has 4 N–H and O–H groups in total. The molecule has 0 saturated heterocycles. The fourth-order valence-corrected chi connectivity index (χ4v) is 1.38. The van der Waals surface area contributed by atoms with Gasteiger partial charge in [-0.05, 0) is 18.6 Å². The molecule has 0 atom stereocenters. The van der Waals surface area contributed by atoms with E-state index in [9.17, 15) is 8.78 Å². The predicted octanol–water partition coefficient (Wildman–Crippen LogP) is 2.09. The van der Waals surface area contributed by atoms with E-state index in [1.54, 1.807) is 0 Å². The molecule has 0 unspecified atom stereocenters. The van der Waals surface area contributed by atoms with E-state index in [1.165, 1.54) is 19.3 Å². The number of nitrogen functional groups attached to an aromatic ring is 1. The minimum atomic E-state index is -0.560. The largest absolute Gasteiger partial charge is 0.338 e. The summed E-state index contributed by atoms with van der Waals surface area (Å²) >= 11 is 0. The summed E-state index contributed by atoms with van der Waals surface area (Å²) in [4.78, 5) is 7.67. The van der Waals surface area contributed by atoms with Gasteiger partial charge in [-0.1, -0.05) is 0 Å². The highest BCUT2D eigenvalue weighted by Gasteiger charge is 2.08. The Hall–Kier alpha value is -2.28. The van der Waals surface area contributed by atoms with Crippen molar-refractivity contribution >= 4 is 17.3 Å². The predicted molar refractivity (Wildman–Crippen MR) is 64.2 cm³/mol. The highest BCUT2D eigenvalue weighted by atomic mass is 19.1. The van der Waals surface area contributed by atoms with E-state index in [1.807, 2.05) is 0 Å². The lowest BCUT2D eigenvalue weighted by atomic mass is 10.2. The van der Waals surface area contributed by atoms with Crippen molar-refractivity contribution in [3.05, 3.63) is 41.7 Å². The Morgan fingerprint density at radius 1 is 1.06 bits per heavy atom. The van der Waals surface area contributed by atoms with E-state index in [4.69, 9.17) is 5.84 Å². The molecule has 0 bridgehead atoms. The van der Waals surface area contributed by atoms with Gasteiger partial charge in [0.05, 0.1) is 5.69 Å². The first-order valence-corrected chi connectivity index (χ1v) is 5.11. The molecule has 1 aromatic carbocycles. The van der Waals surface area contributed by atoms with Gasteiger partial charge in [0, 0.05) is 12.1 Å².